The van der Waals surface area contributed by atoms with Crippen LogP contribution < -0.4 is 10.6 Å². The Labute approximate surface area is 114 Å². The molecule has 20 heavy (non-hydrogen) atoms. The topological polar surface area (TPSA) is 131 Å². The number of carboxylic acid groups (broad SMARTS) is 1. The molecule has 0 radical (unpaired) electrons. The van der Waals surface area contributed by atoms with Crippen LogP contribution in [0.3, 0.4) is 0 Å². The van der Waals surface area contributed by atoms with E-state index in [1.165, 1.54) is 13.4 Å². The molecule has 0 unspecified atom stereocenters. The normalized spacial score (nSPS) is 11.4. The van der Waals surface area contributed by atoms with Gasteiger partial charge in [-0.2, -0.15) is 0 Å². The summed E-state index contributed by atoms with van der Waals surface area (Å²) in [5.41, 5.74) is 0.501. The second kappa shape index (κ2) is 7.77. The SMILES string of the molecule is COC(=O)CC[C@H](NC(=O)NCc1ccon1)C(=O)O. The van der Waals surface area contributed by atoms with E-state index in [0.29, 0.717) is 5.69 Å². The van der Waals surface area contributed by atoms with E-state index < -0.39 is 24.0 Å². The Morgan fingerprint density at radius 1 is 1.50 bits per heavy atom. The van der Waals surface area contributed by atoms with E-state index in [9.17, 15) is 14.4 Å². The summed E-state index contributed by atoms with van der Waals surface area (Å²) in [4.78, 5) is 33.4. The number of hydrogen-bond acceptors (Lipinski definition) is 6. The molecule has 0 bridgehead atoms. The molecule has 9 nitrogen and oxygen atoms in total. The monoisotopic (exact) mass is 285 g/mol. The highest BCUT2D eigenvalue weighted by atomic mass is 16.5. The van der Waals surface area contributed by atoms with Crippen molar-refractivity contribution in [2.24, 2.45) is 0 Å². The molecule has 0 spiro atoms. The molecule has 0 aliphatic heterocycles. The Morgan fingerprint density at radius 2 is 2.25 bits per heavy atom. The molecule has 1 atom stereocenters. The predicted octanol–water partition coefficient (Wildman–Crippen LogP) is -0.120. The average Bonchev–Trinajstić information content (AvgIpc) is 2.93. The molecular weight excluding hydrogens is 270 g/mol. The number of carboxylic acids is 1. The van der Waals surface area contributed by atoms with E-state index in [0.717, 1.165) is 0 Å². The quantitative estimate of drug-likeness (QED) is 0.595. The molecule has 0 aliphatic carbocycles. The van der Waals surface area contributed by atoms with Crippen LogP contribution in [-0.2, 0) is 20.9 Å². The van der Waals surface area contributed by atoms with Crippen molar-refractivity contribution in [3.8, 4) is 0 Å². The zero-order valence-corrected chi connectivity index (χ0v) is 10.8. The van der Waals surface area contributed by atoms with E-state index in [1.54, 1.807) is 6.07 Å². The van der Waals surface area contributed by atoms with Crippen molar-refractivity contribution in [3.05, 3.63) is 18.0 Å². The third kappa shape index (κ3) is 5.38. The Kier molecular flexibility index (Phi) is 6.01. The maximum absolute atomic E-state index is 11.5. The molecule has 0 saturated heterocycles. The molecule has 3 N–H and O–H groups in total. The number of hydrogen-bond donors (Lipinski definition) is 3. The number of esters is 1. The minimum Gasteiger partial charge on any atom is -0.480 e. The lowest BCUT2D eigenvalue weighted by Crippen LogP contribution is -2.46. The summed E-state index contributed by atoms with van der Waals surface area (Å²) in [5.74, 6) is -1.77. The number of ether oxygens (including phenoxy) is 1. The number of rotatable bonds is 7. The lowest BCUT2D eigenvalue weighted by Gasteiger charge is -2.14. The van der Waals surface area contributed by atoms with Gasteiger partial charge in [0.05, 0.1) is 13.7 Å². The standard InChI is InChI=1S/C11H15N3O6/c1-19-9(15)3-2-8(10(16)17)13-11(18)12-6-7-4-5-20-14-7/h4-5,8H,2-3,6H2,1H3,(H,16,17)(H2,12,13,18)/t8-/m0/s1. The summed E-state index contributed by atoms with van der Waals surface area (Å²) in [6.07, 6.45) is 1.20. The number of methoxy groups -OCH3 is 1. The van der Waals surface area contributed by atoms with E-state index >= 15 is 0 Å². The highest BCUT2D eigenvalue weighted by Crippen LogP contribution is 2.00. The molecule has 0 fully saturated rings. The number of nitrogens with zero attached hydrogens (tertiary/aromatic N) is 1. The van der Waals surface area contributed by atoms with Crippen molar-refractivity contribution in [1.82, 2.24) is 15.8 Å². The highest BCUT2D eigenvalue weighted by Gasteiger charge is 2.21. The van der Waals surface area contributed by atoms with Gasteiger partial charge in [0, 0.05) is 12.5 Å². The lowest BCUT2D eigenvalue weighted by molar-refractivity contribution is -0.142. The number of nitrogens with one attached hydrogen (secondary N) is 2. The van der Waals surface area contributed by atoms with Gasteiger partial charge in [0.1, 0.15) is 18.0 Å². The zero-order chi connectivity index (χ0) is 15.0. The molecule has 1 aromatic heterocycles. The molecular formula is C11H15N3O6. The van der Waals surface area contributed by atoms with E-state index in [-0.39, 0.29) is 19.4 Å². The number of aliphatic carboxylic acids is 1. The van der Waals surface area contributed by atoms with Crippen LogP contribution in [0.1, 0.15) is 18.5 Å². The Morgan fingerprint density at radius 3 is 2.80 bits per heavy atom. The minimum atomic E-state index is -1.23. The number of urea groups is 1. The third-order valence-corrected chi connectivity index (χ3v) is 2.39. The maximum Gasteiger partial charge on any atom is 0.326 e. The first kappa shape index (κ1) is 15.5. The first-order chi connectivity index (χ1) is 9.52. The van der Waals surface area contributed by atoms with E-state index in [1.807, 2.05) is 0 Å². The number of aromatic nitrogens is 1. The maximum atomic E-state index is 11.5. The van der Waals surface area contributed by atoms with Crippen molar-refractivity contribution >= 4 is 18.0 Å². The summed E-state index contributed by atoms with van der Waals surface area (Å²) in [5, 5.41) is 17.2. The zero-order valence-electron chi connectivity index (χ0n) is 10.8. The fourth-order valence-corrected chi connectivity index (χ4v) is 1.33. The van der Waals surface area contributed by atoms with Crippen LogP contribution in [0.25, 0.3) is 0 Å². The van der Waals surface area contributed by atoms with Gasteiger partial charge in [-0.1, -0.05) is 5.16 Å². The summed E-state index contributed by atoms with van der Waals surface area (Å²) < 4.78 is 8.98. The van der Waals surface area contributed by atoms with Crippen molar-refractivity contribution in [1.29, 1.82) is 0 Å². The fourth-order valence-electron chi connectivity index (χ4n) is 1.33. The van der Waals surface area contributed by atoms with Crippen molar-refractivity contribution in [3.63, 3.8) is 0 Å². The van der Waals surface area contributed by atoms with Gasteiger partial charge < -0.3 is 25.0 Å². The van der Waals surface area contributed by atoms with Crippen LogP contribution in [0.5, 0.6) is 0 Å². The summed E-state index contributed by atoms with van der Waals surface area (Å²) in [6, 6.07) is -0.289. The molecule has 9 heteroatoms. The van der Waals surface area contributed by atoms with Gasteiger partial charge in [0.2, 0.25) is 0 Å². The van der Waals surface area contributed by atoms with Crippen molar-refractivity contribution in [2.45, 2.75) is 25.4 Å². The van der Waals surface area contributed by atoms with Crippen LogP contribution >= 0.6 is 0 Å². The van der Waals surface area contributed by atoms with Crippen LogP contribution in [0.4, 0.5) is 4.79 Å². The average molecular weight is 285 g/mol. The van der Waals surface area contributed by atoms with Gasteiger partial charge >= 0.3 is 18.0 Å². The van der Waals surface area contributed by atoms with Gasteiger partial charge in [-0.25, -0.2) is 9.59 Å². The first-order valence-electron chi connectivity index (χ1n) is 5.76. The second-order valence-electron chi connectivity index (χ2n) is 3.82. The molecule has 1 rings (SSSR count). The predicted molar refractivity (Wildman–Crippen MR) is 64.5 cm³/mol. The number of carbonyl (C=O) groups is 3. The van der Waals surface area contributed by atoms with Crippen LogP contribution in [0, 0.1) is 0 Å². The second-order valence-corrected chi connectivity index (χ2v) is 3.82. The molecule has 110 valence electrons. The minimum absolute atomic E-state index is 0.0562. The highest BCUT2D eigenvalue weighted by molar-refractivity contribution is 5.83. The summed E-state index contributed by atoms with van der Waals surface area (Å²) in [7, 11) is 1.20. The van der Waals surface area contributed by atoms with Crippen LogP contribution in [0.2, 0.25) is 0 Å². The fraction of sp³-hybridized carbons (Fsp3) is 0.455. The van der Waals surface area contributed by atoms with E-state index in [2.05, 4.69) is 25.1 Å². The number of carbonyl (C=O) groups excluding carboxylic acids is 2. The molecule has 0 saturated carbocycles. The van der Waals surface area contributed by atoms with Crippen LogP contribution in [0.15, 0.2) is 16.9 Å². The van der Waals surface area contributed by atoms with Crippen LogP contribution in [-0.4, -0.2) is 41.4 Å². The van der Waals surface area contributed by atoms with Crippen molar-refractivity contribution in [2.75, 3.05) is 7.11 Å². The van der Waals surface area contributed by atoms with Gasteiger partial charge in [-0.05, 0) is 6.42 Å². The van der Waals surface area contributed by atoms with Crippen molar-refractivity contribution < 1.29 is 28.8 Å². The van der Waals surface area contributed by atoms with Gasteiger partial charge in [0.15, 0.2) is 0 Å². The third-order valence-electron chi connectivity index (χ3n) is 2.39. The molecule has 0 aromatic carbocycles. The Hall–Kier alpha value is -2.58. The van der Waals surface area contributed by atoms with Gasteiger partial charge in [-0.15, -0.1) is 0 Å². The molecule has 2 amide bonds. The van der Waals surface area contributed by atoms with Gasteiger partial charge in [0.25, 0.3) is 0 Å². The Bertz CT molecular complexity index is 459. The van der Waals surface area contributed by atoms with E-state index in [4.69, 9.17) is 5.11 Å². The smallest absolute Gasteiger partial charge is 0.326 e. The first-order valence-corrected chi connectivity index (χ1v) is 5.76. The molecule has 1 aromatic rings. The molecule has 1 heterocycles. The van der Waals surface area contributed by atoms with Gasteiger partial charge in [-0.3, -0.25) is 4.79 Å². The summed E-state index contributed by atoms with van der Waals surface area (Å²) in [6.45, 7) is 0.103. The lowest BCUT2D eigenvalue weighted by atomic mass is 10.1. The largest absolute Gasteiger partial charge is 0.480 e. The summed E-state index contributed by atoms with van der Waals surface area (Å²) >= 11 is 0. The number of amides is 2. The Balaban J connectivity index is 2.38. The molecule has 0 aliphatic rings.